The third kappa shape index (κ3) is 4.14. The number of fused-ring (bicyclic) bond motifs is 1. The smallest absolute Gasteiger partial charge is 0.255 e. The molecule has 2 N–H and O–H groups in total. The van der Waals surface area contributed by atoms with Crippen molar-refractivity contribution < 1.29 is 18.7 Å². The second-order valence-electron chi connectivity index (χ2n) is 7.57. The minimum absolute atomic E-state index is 0.234. The number of anilines is 2. The maximum atomic E-state index is 14.5. The van der Waals surface area contributed by atoms with Crippen molar-refractivity contribution in [2.24, 2.45) is 7.05 Å². The van der Waals surface area contributed by atoms with Crippen molar-refractivity contribution in [1.82, 2.24) is 14.9 Å². The summed E-state index contributed by atoms with van der Waals surface area (Å²) in [6.45, 7) is 4.38. The molecule has 9 heteroatoms. The van der Waals surface area contributed by atoms with E-state index < -0.39 is 11.6 Å². The number of halogens is 2. The van der Waals surface area contributed by atoms with Gasteiger partial charge in [0.15, 0.2) is 5.79 Å². The molecule has 1 saturated heterocycles. The quantitative estimate of drug-likeness (QED) is 0.495. The second kappa shape index (κ2) is 8.12. The molecule has 7 nitrogen and oxygen atoms in total. The zero-order chi connectivity index (χ0) is 21.5. The largest absolute Gasteiger partial charge is 0.349 e. The predicted molar refractivity (Wildman–Crippen MR) is 120 cm³/mol. The average molecular weight is 524 g/mol. The molecule has 0 radical (unpaired) electrons. The van der Waals surface area contributed by atoms with Crippen molar-refractivity contribution >= 4 is 51.0 Å². The number of aromatic nitrogens is 2. The number of nitrogens with one attached hydrogen (secondary N) is 2. The monoisotopic (exact) mass is 524 g/mol. The number of rotatable bonds is 5. The van der Waals surface area contributed by atoms with Crippen molar-refractivity contribution in [2.45, 2.75) is 25.7 Å². The molecule has 30 heavy (non-hydrogen) atoms. The van der Waals surface area contributed by atoms with Crippen LogP contribution in [0.4, 0.5) is 15.9 Å². The number of carbonyl (C=O) groups excluding carboxylic acids is 1. The Hall–Kier alpha value is -2.24. The van der Waals surface area contributed by atoms with E-state index in [0.29, 0.717) is 35.6 Å². The fraction of sp³-hybridized carbons (Fsp3) is 0.333. The standard InChI is InChI=1S/C21H22FIN4O3/c1-21(2)29-11-13(30-21)10-25-20(28)17-14-5-4-8-24-18(14)27(3)19(17)26-16-7-6-12(23)9-15(16)22/h4-9,13,26H,10-11H2,1-3H3,(H,25,28)/t13-/m1/s1. The zero-order valence-corrected chi connectivity index (χ0v) is 19.0. The third-order valence-corrected chi connectivity index (χ3v) is 5.59. The number of benzene rings is 1. The van der Waals surface area contributed by atoms with Crippen LogP contribution in [-0.2, 0) is 16.5 Å². The average Bonchev–Trinajstić information content (AvgIpc) is 3.19. The van der Waals surface area contributed by atoms with Gasteiger partial charge in [0.1, 0.15) is 23.4 Å². The SMILES string of the molecule is Cn1c(Nc2ccc(I)cc2F)c(C(=O)NC[C@@H]2COC(C)(C)O2)c2cccnc21. The number of nitrogens with zero attached hydrogens (tertiary/aromatic N) is 2. The van der Waals surface area contributed by atoms with Gasteiger partial charge in [-0.25, -0.2) is 9.37 Å². The summed E-state index contributed by atoms with van der Waals surface area (Å²) in [6, 6.07) is 8.47. The summed E-state index contributed by atoms with van der Waals surface area (Å²) in [7, 11) is 1.79. The maximum absolute atomic E-state index is 14.5. The normalized spacial score (nSPS) is 18.0. The first-order chi connectivity index (χ1) is 14.2. The van der Waals surface area contributed by atoms with E-state index in [9.17, 15) is 9.18 Å². The molecule has 4 rings (SSSR count). The molecule has 0 aliphatic carbocycles. The topological polar surface area (TPSA) is 77.4 Å². The highest BCUT2D eigenvalue weighted by Crippen LogP contribution is 2.32. The Morgan fingerprint density at radius 1 is 1.40 bits per heavy atom. The summed E-state index contributed by atoms with van der Waals surface area (Å²) < 4.78 is 28.3. The Labute approximate surface area is 187 Å². The molecule has 0 bridgehead atoms. The fourth-order valence-corrected chi connectivity index (χ4v) is 3.97. The number of ether oxygens (including phenoxy) is 2. The molecule has 1 aliphatic rings. The van der Waals surface area contributed by atoms with E-state index in [4.69, 9.17) is 9.47 Å². The van der Waals surface area contributed by atoms with Crippen LogP contribution in [0.2, 0.25) is 0 Å². The first-order valence-corrected chi connectivity index (χ1v) is 10.6. The van der Waals surface area contributed by atoms with Crippen LogP contribution >= 0.6 is 22.6 Å². The molecule has 3 heterocycles. The lowest BCUT2D eigenvalue weighted by molar-refractivity contribution is -0.137. The van der Waals surface area contributed by atoms with Crippen LogP contribution in [0.15, 0.2) is 36.5 Å². The fourth-order valence-electron chi connectivity index (χ4n) is 3.51. The minimum atomic E-state index is -0.659. The Balaban J connectivity index is 1.66. The van der Waals surface area contributed by atoms with Gasteiger partial charge < -0.3 is 24.7 Å². The molecule has 1 fully saturated rings. The van der Waals surface area contributed by atoms with E-state index in [1.807, 2.05) is 19.9 Å². The first kappa shape index (κ1) is 21.0. The van der Waals surface area contributed by atoms with Crippen molar-refractivity contribution in [1.29, 1.82) is 0 Å². The van der Waals surface area contributed by atoms with Gasteiger partial charge >= 0.3 is 0 Å². The van der Waals surface area contributed by atoms with Gasteiger partial charge in [0, 0.05) is 28.7 Å². The lowest BCUT2D eigenvalue weighted by Gasteiger charge is -2.17. The second-order valence-corrected chi connectivity index (χ2v) is 8.81. The highest BCUT2D eigenvalue weighted by atomic mass is 127. The maximum Gasteiger partial charge on any atom is 0.255 e. The van der Waals surface area contributed by atoms with Crippen LogP contribution in [0.3, 0.4) is 0 Å². The van der Waals surface area contributed by atoms with Crippen molar-refractivity contribution in [3.05, 3.63) is 51.5 Å². The zero-order valence-electron chi connectivity index (χ0n) is 16.8. The molecular formula is C21H22FIN4O3. The van der Waals surface area contributed by atoms with Crippen LogP contribution in [0.5, 0.6) is 0 Å². The van der Waals surface area contributed by atoms with Gasteiger partial charge in [0.25, 0.3) is 5.91 Å². The van der Waals surface area contributed by atoms with Gasteiger partial charge in [0.05, 0.1) is 17.9 Å². The van der Waals surface area contributed by atoms with E-state index >= 15 is 0 Å². The lowest BCUT2D eigenvalue weighted by atomic mass is 10.2. The molecule has 0 unspecified atom stereocenters. The molecule has 3 aromatic rings. The van der Waals surface area contributed by atoms with Crippen molar-refractivity contribution in [3.63, 3.8) is 0 Å². The summed E-state index contributed by atoms with van der Waals surface area (Å²) in [6.07, 6.45) is 1.42. The minimum Gasteiger partial charge on any atom is -0.349 e. The van der Waals surface area contributed by atoms with E-state index in [0.717, 1.165) is 3.57 Å². The Kier molecular flexibility index (Phi) is 5.69. The molecule has 1 aliphatic heterocycles. The van der Waals surface area contributed by atoms with Crippen LogP contribution in [0, 0.1) is 9.39 Å². The third-order valence-electron chi connectivity index (χ3n) is 4.91. The van der Waals surface area contributed by atoms with Gasteiger partial charge in [-0.1, -0.05) is 0 Å². The van der Waals surface area contributed by atoms with Gasteiger partial charge in [-0.3, -0.25) is 4.79 Å². The summed E-state index contributed by atoms with van der Waals surface area (Å²) in [5.41, 5.74) is 1.30. The number of hydrogen-bond donors (Lipinski definition) is 2. The van der Waals surface area contributed by atoms with Crippen LogP contribution in [0.1, 0.15) is 24.2 Å². The summed E-state index contributed by atoms with van der Waals surface area (Å²) in [5.74, 6) is -0.890. The lowest BCUT2D eigenvalue weighted by Crippen LogP contribution is -2.34. The predicted octanol–water partition coefficient (Wildman–Crippen LogP) is 3.94. The Morgan fingerprint density at radius 2 is 2.20 bits per heavy atom. The van der Waals surface area contributed by atoms with Crippen molar-refractivity contribution in [3.8, 4) is 0 Å². The number of hydrogen-bond acceptors (Lipinski definition) is 5. The number of amides is 1. The molecule has 2 aromatic heterocycles. The van der Waals surface area contributed by atoms with Gasteiger partial charge in [0.2, 0.25) is 0 Å². The van der Waals surface area contributed by atoms with Gasteiger partial charge in [-0.2, -0.15) is 0 Å². The van der Waals surface area contributed by atoms with Crippen LogP contribution in [0.25, 0.3) is 11.0 Å². The molecular weight excluding hydrogens is 502 g/mol. The molecule has 1 amide bonds. The van der Waals surface area contributed by atoms with E-state index in [2.05, 4.69) is 38.2 Å². The number of pyridine rings is 1. The van der Waals surface area contributed by atoms with Crippen LogP contribution < -0.4 is 10.6 Å². The summed E-state index contributed by atoms with van der Waals surface area (Å²) >= 11 is 2.05. The molecule has 0 spiro atoms. The van der Waals surface area contributed by atoms with Gasteiger partial charge in [-0.15, -0.1) is 0 Å². The van der Waals surface area contributed by atoms with Crippen molar-refractivity contribution in [2.75, 3.05) is 18.5 Å². The highest BCUT2D eigenvalue weighted by molar-refractivity contribution is 14.1. The van der Waals surface area contributed by atoms with Crippen LogP contribution in [-0.4, -0.2) is 40.5 Å². The Morgan fingerprint density at radius 3 is 2.90 bits per heavy atom. The Bertz CT molecular complexity index is 1120. The highest BCUT2D eigenvalue weighted by Gasteiger charge is 2.33. The van der Waals surface area contributed by atoms with E-state index in [1.54, 1.807) is 36.0 Å². The summed E-state index contributed by atoms with van der Waals surface area (Å²) in [5, 5.41) is 6.67. The molecule has 1 atom stereocenters. The number of carbonyl (C=O) groups is 1. The molecule has 0 saturated carbocycles. The van der Waals surface area contributed by atoms with E-state index in [1.165, 1.54) is 6.07 Å². The van der Waals surface area contributed by atoms with E-state index in [-0.39, 0.29) is 17.7 Å². The number of aryl methyl sites for hydroxylation is 1. The molecule has 1 aromatic carbocycles. The first-order valence-electron chi connectivity index (χ1n) is 9.50. The van der Waals surface area contributed by atoms with Gasteiger partial charge in [-0.05, 0) is 66.8 Å². The summed E-state index contributed by atoms with van der Waals surface area (Å²) in [4.78, 5) is 17.5. The molecule has 158 valence electrons.